The SMILES string of the molecule is CCCCC/C=C\C/C=C\CCCCCCCC(=O)OC[C@H](COP(=O)(O)OC[C@@H](O)CO)OC(=O)CCC/C=C\C/C=C\C/C=C\C/C=C\C=C\[C@H](O)CC. The van der Waals surface area contributed by atoms with Crippen molar-refractivity contribution in [2.75, 3.05) is 26.4 Å². The lowest BCUT2D eigenvalue weighted by atomic mass is 10.1. The molecule has 0 aromatic heterocycles. The van der Waals surface area contributed by atoms with Crippen LogP contribution in [0, 0.1) is 0 Å². The Kier molecular flexibility index (Phi) is 36.9. The number of allylic oxidation sites excluding steroid dienone is 13. The molecular formula is C44H73O11P. The topological polar surface area (TPSA) is 169 Å². The molecule has 56 heavy (non-hydrogen) atoms. The van der Waals surface area contributed by atoms with Gasteiger partial charge in [-0.05, 0) is 77.0 Å². The van der Waals surface area contributed by atoms with Crippen LogP contribution in [0.1, 0.15) is 136 Å². The molecule has 0 fully saturated rings. The summed E-state index contributed by atoms with van der Waals surface area (Å²) in [6.07, 6.45) is 42.2. The highest BCUT2D eigenvalue weighted by Gasteiger charge is 2.27. The average Bonchev–Trinajstić information content (AvgIpc) is 3.19. The van der Waals surface area contributed by atoms with Crippen LogP contribution >= 0.6 is 7.82 Å². The van der Waals surface area contributed by atoms with Crippen molar-refractivity contribution in [3.8, 4) is 0 Å². The maximum atomic E-state index is 12.6. The number of hydrogen-bond acceptors (Lipinski definition) is 10. The lowest BCUT2D eigenvalue weighted by molar-refractivity contribution is -0.161. The number of rotatable bonds is 37. The van der Waals surface area contributed by atoms with E-state index in [-0.39, 0.29) is 19.4 Å². The van der Waals surface area contributed by atoms with E-state index >= 15 is 0 Å². The molecule has 0 aromatic carbocycles. The fourth-order valence-corrected chi connectivity index (χ4v) is 5.62. The van der Waals surface area contributed by atoms with Crippen LogP contribution in [-0.2, 0) is 32.7 Å². The Morgan fingerprint density at radius 2 is 1.12 bits per heavy atom. The molecule has 12 heteroatoms. The van der Waals surface area contributed by atoms with Gasteiger partial charge in [-0.2, -0.15) is 0 Å². The van der Waals surface area contributed by atoms with Crippen LogP contribution < -0.4 is 0 Å². The molecule has 0 saturated heterocycles. The third-order valence-corrected chi connectivity index (χ3v) is 9.14. The van der Waals surface area contributed by atoms with Gasteiger partial charge in [0.25, 0.3) is 0 Å². The number of aliphatic hydroxyl groups excluding tert-OH is 3. The van der Waals surface area contributed by atoms with Gasteiger partial charge in [0.15, 0.2) is 6.10 Å². The first kappa shape index (κ1) is 53.1. The molecule has 11 nitrogen and oxygen atoms in total. The first-order valence-electron chi connectivity index (χ1n) is 20.7. The summed E-state index contributed by atoms with van der Waals surface area (Å²) >= 11 is 0. The van der Waals surface area contributed by atoms with Gasteiger partial charge in [0.1, 0.15) is 12.7 Å². The Morgan fingerprint density at radius 1 is 0.607 bits per heavy atom. The van der Waals surface area contributed by atoms with Crippen molar-refractivity contribution in [1.29, 1.82) is 0 Å². The zero-order chi connectivity index (χ0) is 41.4. The molecule has 0 spiro atoms. The smallest absolute Gasteiger partial charge is 0.462 e. The second-order valence-electron chi connectivity index (χ2n) is 13.5. The van der Waals surface area contributed by atoms with Crippen LogP contribution in [0.25, 0.3) is 0 Å². The van der Waals surface area contributed by atoms with Gasteiger partial charge < -0.3 is 29.7 Å². The van der Waals surface area contributed by atoms with E-state index in [1.165, 1.54) is 19.3 Å². The molecular weight excluding hydrogens is 735 g/mol. The van der Waals surface area contributed by atoms with E-state index in [4.69, 9.17) is 19.1 Å². The molecule has 0 heterocycles. The molecule has 0 radical (unpaired) electrons. The number of carbonyl (C=O) groups is 2. The number of esters is 2. The fraction of sp³-hybridized carbons (Fsp3) is 0.636. The Bertz CT molecular complexity index is 1220. The minimum atomic E-state index is -4.65. The van der Waals surface area contributed by atoms with Gasteiger partial charge in [-0.3, -0.25) is 18.6 Å². The summed E-state index contributed by atoms with van der Waals surface area (Å²) < 4.78 is 32.6. The number of phosphoric acid groups is 1. The molecule has 320 valence electrons. The van der Waals surface area contributed by atoms with Crippen molar-refractivity contribution in [3.05, 3.63) is 85.1 Å². The fourth-order valence-electron chi connectivity index (χ4n) is 4.83. The van der Waals surface area contributed by atoms with Crippen LogP contribution in [0.4, 0.5) is 0 Å². The summed E-state index contributed by atoms with van der Waals surface area (Å²) in [6, 6.07) is 0. The highest BCUT2D eigenvalue weighted by molar-refractivity contribution is 7.47. The van der Waals surface area contributed by atoms with Crippen LogP contribution in [0.15, 0.2) is 85.1 Å². The molecule has 0 aliphatic carbocycles. The van der Waals surface area contributed by atoms with E-state index in [0.717, 1.165) is 64.2 Å². The standard InChI is InChI=1S/C44H73O11P/c1-3-5-6-7-8-9-10-11-12-16-19-22-25-28-31-34-43(48)52-38-42(39-54-56(50,51)53-37-41(47)36-45)55-44(49)35-32-29-26-23-20-17-14-13-15-18-21-24-27-30-33-40(46)4-2/h8-9,11-12,14-15,17-18,23-24,26-27,30,33,40-42,45-47H,3-7,10,13,16,19-22,25,28-29,31-32,34-39H2,1-2H3,(H,50,51)/b9-8-,12-11-,17-14-,18-15-,26-23-,27-24-,33-30+/t40-,41+,42-/m1/s1. The summed E-state index contributed by atoms with van der Waals surface area (Å²) in [4.78, 5) is 34.9. The molecule has 4 atom stereocenters. The van der Waals surface area contributed by atoms with Gasteiger partial charge in [-0.1, -0.05) is 131 Å². The van der Waals surface area contributed by atoms with Crippen LogP contribution in [0.5, 0.6) is 0 Å². The molecule has 4 N–H and O–H groups in total. The van der Waals surface area contributed by atoms with Gasteiger partial charge >= 0.3 is 19.8 Å². The second kappa shape index (κ2) is 39.0. The van der Waals surface area contributed by atoms with E-state index in [0.29, 0.717) is 25.7 Å². The van der Waals surface area contributed by atoms with Crippen LogP contribution in [0.2, 0.25) is 0 Å². The molecule has 0 aromatic rings. The van der Waals surface area contributed by atoms with Gasteiger partial charge in [0.05, 0.1) is 25.9 Å². The quantitative estimate of drug-likeness (QED) is 0.0155. The van der Waals surface area contributed by atoms with E-state index in [9.17, 15) is 29.3 Å². The minimum Gasteiger partial charge on any atom is -0.462 e. The first-order chi connectivity index (χ1) is 27.1. The molecule has 0 rings (SSSR count). The van der Waals surface area contributed by atoms with E-state index in [1.54, 1.807) is 6.08 Å². The number of ether oxygens (including phenoxy) is 2. The molecule has 1 unspecified atom stereocenters. The molecule has 0 bridgehead atoms. The Balaban J connectivity index is 4.49. The third-order valence-electron chi connectivity index (χ3n) is 8.19. The van der Waals surface area contributed by atoms with Crippen molar-refractivity contribution in [1.82, 2.24) is 0 Å². The summed E-state index contributed by atoms with van der Waals surface area (Å²) in [5.41, 5.74) is 0. The lowest BCUT2D eigenvalue weighted by Crippen LogP contribution is -2.29. The molecule has 0 amide bonds. The van der Waals surface area contributed by atoms with Crippen molar-refractivity contribution in [2.24, 2.45) is 0 Å². The zero-order valence-electron chi connectivity index (χ0n) is 34.2. The average molecular weight is 809 g/mol. The van der Waals surface area contributed by atoms with E-state index < -0.39 is 57.9 Å². The Morgan fingerprint density at radius 3 is 1.73 bits per heavy atom. The van der Waals surface area contributed by atoms with Crippen molar-refractivity contribution in [2.45, 2.75) is 154 Å². The normalized spacial score (nSPS) is 15.3. The van der Waals surface area contributed by atoms with Crippen molar-refractivity contribution in [3.63, 3.8) is 0 Å². The molecule has 0 aliphatic rings. The predicted octanol–water partition coefficient (Wildman–Crippen LogP) is 9.63. The summed E-state index contributed by atoms with van der Waals surface area (Å²) in [7, 11) is -4.65. The summed E-state index contributed by atoms with van der Waals surface area (Å²) in [5, 5.41) is 27.8. The van der Waals surface area contributed by atoms with Gasteiger partial charge in [-0.25, -0.2) is 4.57 Å². The summed E-state index contributed by atoms with van der Waals surface area (Å²) in [6.45, 7) is 1.90. The minimum absolute atomic E-state index is 0.0841. The van der Waals surface area contributed by atoms with E-state index in [1.807, 2.05) is 37.3 Å². The number of hydrogen-bond donors (Lipinski definition) is 4. The molecule has 0 saturated carbocycles. The van der Waals surface area contributed by atoms with Crippen LogP contribution in [-0.4, -0.2) is 76.9 Å². The van der Waals surface area contributed by atoms with Crippen molar-refractivity contribution < 1.29 is 52.9 Å². The predicted molar refractivity (Wildman–Crippen MR) is 225 cm³/mol. The maximum absolute atomic E-state index is 12.6. The third kappa shape index (κ3) is 38.0. The summed E-state index contributed by atoms with van der Waals surface area (Å²) in [5.74, 6) is -1.04. The monoisotopic (exact) mass is 808 g/mol. The second-order valence-corrected chi connectivity index (χ2v) is 14.9. The maximum Gasteiger partial charge on any atom is 0.472 e. The number of phosphoric ester groups is 1. The number of carbonyl (C=O) groups excluding carboxylic acids is 2. The van der Waals surface area contributed by atoms with Crippen molar-refractivity contribution >= 4 is 19.8 Å². The van der Waals surface area contributed by atoms with E-state index in [2.05, 4.69) is 60.1 Å². The first-order valence-corrected chi connectivity index (χ1v) is 22.1. The van der Waals surface area contributed by atoms with Gasteiger partial charge in [0, 0.05) is 12.8 Å². The number of unbranched alkanes of at least 4 members (excludes halogenated alkanes) is 9. The lowest BCUT2D eigenvalue weighted by Gasteiger charge is -2.20. The number of aliphatic hydroxyl groups is 3. The molecule has 0 aliphatic heterocycles. The van der Waals surface area contributed by atoms with Crippen LogP contribution in [0.3, 0.4) is 0 Å². The largest absolute Gasteiger partial charge is 0.472 e. The van der Waals surface area contributed by atoms with Gasteiger partial charge in [0.2, 0.25) is 0 Å². The Hall–Kier alpha value is -2.89. The van der Waals surface area contributed by atoms with Gasteiger partial charge in [-0.15, -0.1) is 0 Å². The Labute approximate surface area is 337 Å². The highest BCUT2D eigenvalue weighted by atomic mass is 31.2. The zero-order valence-corrected chi connectivity index (χ0v) is 35.1. The highest BCUT2D eigenvalue weighted by Crippen LogP contribution is 2.43.